The summed E-state index contributed by atoms with van der Waals surface area (Å²) in [4.78, 5) is 7.16. The molecular formula is C37H41ClN8O. The third kappa shape index (κ3) is 6.41. The number of nitriles is 1. The molecule has 3 aliphatic rings. The lowest BCUT2D eigenvalue weighted by atomic mass is 9.97. The minimum Gasteiger partial charge on any atom is -0.493 e. The lowest BCUT2D eigenvalue weighted by Gasteiger charge is -2.42. The summed E-state index contributed by atoms with van der Waals surface area (Å²) in [6, 6.07) is 24.9. The van der Waals surface area contributed by atoms with Gasteiger partial charge in [0.1, 0.15) is 11.8 Å². The SMILES string of the molecule is CC(C)(C)N1CCC(N2C=C([C@@H](Nc3cc(Cl)c4ncc(C#N)c(N[C@@H]5CCOc6ccccc65)c4c3)c3ccccc3)NN2)CC1. The summed E-state index contributed by atoms with van der Waals surface area (Å²) in [7, 11) is 0. The Hall–Kier alpha value is -4.49. The van der Waals surface area contributed by atoms with E-state index in [2.05, 4.69) is 99.9 Å². The highest BCUT2D eigenvalue weighted by molar-refractivity contribution is 6.35. The molecule has 0 spiro atoms. The van der Waals surface area contributed by atoms with Gasteiger partial charge < -0.3 is 20.8 Å². The molecule has 4 N–H and O–H groups in total. The smallest absolute Gasteiger partial charge is 0.124 e. The van der Waals surface area contributed by atoms with Crippen molar-refractivity contribution in [3.05, 3.63) is 107 Å². The maximum atomic E-state index is 10.1. The van der Waals surface area contributed by atoms with Gasteiger partial charge in [0.15, 0.2) is 0 Å². The highest BCUT2D eigenvalue weighted by Gasteiger charge is 2.32. The first kappa shape index (κ1) is 31.1. The lowest BCUT2D eigenvalue weighted by Crippen LogP contribution is -2.52. The zero-order chi connectivity index (χ0) is 32.5. The number of nitrogens with zero attached hydrogens (tertiary/aromatic N) is 4. The highest BCUT2D eigenvalue weighted by Crippen LogP contribution is 2.40. The number of benzene rings is 3. The van der Waals surface area contributed by atoms with Crippen LogP contribution in [0.3, 0.4) is 0 Å². The molecule has 4 heterocycles. The van der Waals surface area contributed by atoms with E-state index in [1.54, 1.807) is 6.20 Å². The van der Waals surface area contributed by atoms with Crippen LogP contribution >= 0.6 is 11.6 Å². The molecule has 0 bridgehead atoms. The first-order chi connectivity index (χ1) is 22.8. The Labute approximate surface area is 281 Å². The molecule has 0 amide bonds. The minimum absolute atomic E-state index is 0.0229. The molecule has 3 aromatic carbocycles. The topological polar surface area (TPSA) is 101 Å². The van der Waals surface area contributed by atoms with E-state index in [1.165, 1.54) is 0 Å². The monoisotopic (exact) mass is 648 g/mol. The first-order valence-electron chi connectivity index (χ1n) is 16.4. The van der Waals surface area contributed by atoms with Crippen LogP contribution in [0.25, 0.3) is 10.9 Å². The summed E-state index contributed by atoms with van der Waals surface area (Å²) in [5, 5.41) is 21.1. The fourth-order valence-corrected chi connectivity index (χ4v) is 7.17. The number of rotatable bonds is 7. The number of hydrogen-bond acceptors (Lipinski definition) is 9. The standard InChI is InChI=1S/C37H41ClN8O/c1-37(2,3)45-16-13-27(14-17-45)46-23-32(43-44-46)35(24-9-5-4-6-10-24)41-26-19-29-34(25(21-39)22-40-36(29)30(38)20-26)42-31-15-18-47-33-12-8-7-11-28(31)33/h4-12,19-20,22-23,27,31,35,41,43-44H,13-18H2,1-3H3,(H,40,42)/t31-,35+/m1/s1. The molecular weight excluding hydrogens is 608 g/mol. The van der Waals surface area contributed by atoms with Crippen molar-refractivity contribution < 1.29 is 4.74 Å². The number of aromatic nitrogens is 1. The fourth-order valence-electron chi connectivity index (χ4n) is 6.90. The van der Waals surface area contributed by atoms with Gasteiger partial charge in [-0.25, -0.2) is 0 Å². The predicted octanol–water partition coefficient (Wildman–Crippen LogP) is 7.28. The Morgan fingerprint density at radius 3 is 2.57 bits per heavy atom. The van der Waals surface area contributed by atoms with Gasteiger partial charge >= 0.3 is 0 Å². The van der Waals surface area contributed by atoms with Gasteiger partial charge in [-0.15, -0.1) is 5.53 Å². The molecule has 4 aromatic rings. The van der Waals surface area contributed by atoms with Crippen molar-refractivity contribution in [3.8, 4) is 11.8 Å². The number of hydrogen-bond donors (Lipinski definition) is 4. The lowest BCUT2D eigenvalue weighted by molar-refractivity contribution is 0.0570. The number of ether oxygens (including phenoxy) is 1. The number of fused-ring (bicyclic) bond motifs is 2. The maximum Gasteiger partial charge on any atom is 0.124 e. The zero-order valence-corrected chi connectivity index (χ0v) is 27.8. The van der Waals surface area contributed by atoms with Crippen molar-refractivity contribution in [2.24, 2.45) is 0 Å². The van der Waals surface area contributed by atoms with Gasteiger partial charge in [0.25, 0.3) is 0 Å². The van der Waals surface area contributed by atoms with Crippen molar-refractivity contribution in [1.82, 2.24) is 25.9 Å². The summed E-state index contributed by atoms with van der Waals surface area (Å²) in [6.07, 6.45) is 6.73. The zero-order valence-electron chi connectivity index (χ0n) is 27.1. The predicted molar refractivity (Wildman–Crippen MR) is 188 cm³/mol. The molecule has 0 saturated carbocycles. The second-order valence-electron chi connectivity index (χ2n) is 13.5. The van der Waals surface area contributed by atoms with Crippen LogP contribution in [0.2, 0.25) is 5.02 Å². The van der Waals surface area contributed by atoms with Crippen LogP contribution in [0, 0.1) is 11.3 Å². The number of likely N-dealkylation sites (tertiary alicyclic amines) is 1. The number of pyridine rings is 1. The number of nitrogens with one attached hydrogen (secondary N) is 4. The van der Waals surface area contributed by atoms with Gasteiger partial charge in [0.2, 0.25) is 0 Å². The van der Waals surface area contributed by atoms with E-state index in [-0.39, 0.29) is 17.6 Å². The largest absolute Gasteiger partial charge is 0.493 e. The molecule has 2 atom stereocenters. The molecule has 1 fully saturated rings. The second-order valence-corrected chi connectivity index (χ2v) is 13.9. The van der Waals surface area contributed by atoms with Gasteiger partial charge in [-0.2, -0.15) is 5.26 Å². The molecule has 0 radical (unpaired) electrons. The van der Waals surface area contributed by atoms with E-state index in [9.17, 15) is 5.26 Å². The van der Waals surface area contributed by atoms with E-state index >= 15 is 0 Å². The van der Waals surface area contributed by atoms with Crippen LogP contribution in [0.4, 0.5) is 11.4 Å². The first-order valence-corrected chi connectivity index (χ1v) is 16.7. The number of halogens is 1. The van der Waals surface area contributed by atoms with Crippen molar-refractivity contribution >= 4 is 33.9 Å². The van der Waals surface area contributed by atoms with Crippen LogP contribution < -0.4 is 26.3 Å². The molecule has 47 heavy (non-hydrogen) atoms. The third-order valence-corrected chi connectivity index (χ3v) is 9.78. The Balaban J connectivity index is 1.20. The summed E-state index contributed by atoms with van der Waals surface area (Å²) >= 11 is 6.92. The van der Waals surface area contributed by atoms with Gasteiger partial charge in [0, 0.05) is 60.1 Å². The van der Waals surface area contributed by atoms with E-state index in [0.29, 0.717) is 34.4 Å². The highest BCUT2D eigenvalue weighted by atomic mass is 35.5. The average molecular weight is 649 g/mol. The van der Waals surface area contributed by atoms with Gasteiger partial charge in [0.05, 0.1) is 46.2 Å². The number of piperidine rings is 1. The van der Waals surface area contributed by atoms with Gasteiger partial charge in [-0.1, -0.05) is 60.1 Å². The number of para-hydroxylation sites is 1. The van der Waals surface area contributed by atoms with Crippen molar-refractivity contribution in [2.45, 2.75) is 63.7 Å². The van der Waals surface area contributed by atoms with Crippen LogP contribution in [0.5, 0.6) is 5.75 Å². The molecule has 1 saturated heterocycles. The number of anilines is 2. The van der Waals surface area contributed by atoms with Gasteiger partial charge in [-0.3, -0.25) is 14.9 Å². The maximum absolute atomic E-state index is 10.1. The van der Waals surface area contributed by atoms with E-state index in [1.807, 2.05) is 36.4 Å². The van der Waals surface area contributed by atoms with Gasteiger partial charge in [-0.05, 0) is 57.4 Å². The molecule has 3 aliphatic heterocycles. The Bertz CT molecular complexity index is 1820. The van der Waals surface area contributed by atoms with Crippen molar-refractivity contribution in [3.63, 3.8) is 0 Å². The minimum atomic E-state index is -0.192. The normalized spacial score (nSPS) is 19.3. The molecule has 1 aromatic heterocycles. The average Bonchev–Trinajstić information content (AvgIpc) is 3.58. The summed E-state index contributed by atoms with van der Waals surface area (Å²) < 4.78 is 5.90. The van der Waals surface area contributed by atoms with E-state index in [4.69, 9.17) is 16.3 Å². The van der Waals surface area contributed by atoms with Crippen LogP contribution in [0.15, 0.2) is 84.8 Å². The second kappa shape index (κ2) is 13.0. The Kier molecular flexibility index (Phi) is 8.58. The van der Waals surface area contributed by atoms with E-state index < -0.39 is 0 Å². The molecule has 9 nitrogen and oxygen atoms in total. The molecule has 0 unspecified atom stereocenters. The van der Waals surface area contributed by atoms with Crippen molar-refractivity contribution in [2.75, 3.05) is 30.3 Å². The van der Waals surface area contributed by atoms with Crippen LogP contribution in [-0.2, 0) is 0 Å². The van der Waals surface area contributed by atoms with Crippen LogP contribution in [-0.4, -0.2) is 46.2 Å². The Morgan fingerprint density at radius 2 is 1.81 bits per heavy atom. The van der Waals surface area contributed by atoms with E-state index in [0.717, 1.165) is 66.0 Å². The van der Waals surface area contributed by atoms with Crippen molar-refractivity contribution in [1.29, 1.82) is 5.26 Å². The molecule has 242 valence electrons. The number of hydrazine groups is 2. The Morgan fingerprint density at radius 1 is 1.04 bits per heavy atom. The molecule has 7 rings (SSSR count). The fraction of sp³-hybridized carbons (Fsp3) is 0.351. The third-order valence-electron chi connectivity index (χ3n) is 9.49. The summed E-state index contributed by atoms with van der Waals surface area (Å²) in [5.74, 6) is 0.860. The molecule has 10 heteroatoms. The summed E-state index contributed by atoms with van der Waals surface area (Å²) in [5.41, 5.74) is 12.9. The van der Waals surface area contributed by atoms with Crippen LogP contribution in [0.1, 0.15) is 68.8 Å². The summed E-state index contributed by atoms with van der Waals surface area (Å²) in [6.45, 7) is 9.60. The molecule has 0 aliphatic carbocycles. The quantitative estimate of drug-likeness (QED) is 0.165.